The predicted molar refractivity (Wildman–Crippen MR) is 75.0 cm³/mol. The minimum atomic E-state index is -0.0497. The molecule has 0 atom stereocenters. The number of nitrogens with zero attached hydrogens (tertiary/aromatic N) is 2. The van der Waals surface area contributed by atoms with Gasteiger partial charge >= 0.3 is 0 Å². The summed E-state index contributed by atoms with van der Waals surface area (Å²) in [5.41, 5.74) is 5.13. The Bertz CT molecular complexity index is 614. The van der Waals surface area contributed by atoms with Crippen molar-refractivity contribution in [3.05, 3.63) is 52.3 Å². The number of aromatic nitrogens is 2. The molecule has 1 N–H and O–H groups in total. The van der Waals surface area contributed by atoms with Crippen LogP contribution in [0.3, 0.4) is 0 Å². The molecule has 2 rings (SSSR count). The minimum absolute atomic E-state index is 0.0497. The van der Waals surface area contributed by atoms with Gasteiger partial charge in [0.15, 0.2) is 0 Å². The molecular formula is C15H19N3O. The van der Waals surface area contributed by atoms with Crippen molar-refractivity contribution in [1.82, 2.24) is 15.1 Å². The van der Waals surface area contributed by atoms with E-state index < -0.39 is 0 Å². The summed E-state index contributed by atoms with van der Waals surface area (Å²) in [7, 11) is 1.89. The Morgan fingerprint density at radius 3 is 2.58 bits per heavy atom. The second-order valence-corrected chi connectivity index (χ2v) is 4.86. The third-order valence-electron chi connectivity index (χ3n) is 3.55. The Hall–Kier alpha value is -2.10. The van der Waals surface area contributed by atoms with Crippen molar-refractivity contribution < 1.29 is 4.79 Å². The fourth-order valence-electron chi connectivity index (χ4n) is 1.88. The molecule has 4 nitrogen and oxygen atoms in total. The van der Waals surface area contributed by atoms with Crippen molar-refractivity contribution in [2.24, 2.45) is 7.05 Å². The van der Waals surface area contributed by atoms with E-state index in [0.717, 1.165) is 16.8 Å². The van der Waals surface area contributed by atoms with E-state index in [-0.39, 0.29) is 5.91 Å². The van der Waals surface area contributed by atoms with Gasteiger partial charge in [-0.1, -0.05) is 6.07 Å². The quantitative estimate of drug-likeness (QED) is 0.917. The smallest absolute Gasteiger partial charge is 0.251 e. The maximum Gasteiger partial charge on any atom is 0.251 e. The molecule has 0 aliphatic carbocycles. The van der Waals surface area contributed by atoms with Crippen LogP contribution in [0.25, 0.3) is 0 Å². The predicted octanol–water partition coefficient (Wildman–Crippen LogP) is 2.28. The minimum Gasteiger partial charge on any atom is -0.348 e. The summed E-state index contributed by atoms with van der Waals surface area (Å²) in [6, 6.07) is 5.74. The number of hydrogen-bond donors (Lipinski definition) is 1. The molecule has 0 spiro atoms. The average molecular weight is 257 g/mol. The molecule has 4 heteroatoms. The summed E-state index contributed by atoms with van der Waals surface area (Å²) in [4.78, 5) is 12.1. The Morgan fingerprint density at radius 2 is 2.00 bits per heavy atom. The van der Waals surface area contributed by atoms with Gasteiger partial charge in [-0.2, -0.15) is 5.10 Å². The van der Waals surface area contributed by atoms with E-state index in [0.29, 0.717) is 12.1 Å². The summed E-state index contributed by atoms with van der Waals surface area (Å²) < 4.78 is 1.80. The van der Waals surface area contributed by atoms with E-state index in [2.05, 4.69) is 10.4 Å². The molecule has 0 saturated heterocycles. The first-order chi connectivity index (χ1) is 8.99. The molecule has 0 fully saturated rings. The van der Waals surface area contributed by atoms with Gasteiger partial charge in [0.2, 0.25) is 0 Å². The molecule has 0 aliphatic heterocycles. The van der Waals surface area contributed by atoms with Crippen LogP contribution >= 0.6 is 0 Å². The van der Waals surface area contributed by atoms with Crippen LogP contribution in [-0.2, 0) is 13.6 Å². The standard InChI is InChI=1S/C15H19N3O/c1-10-5-6-13(7-11(10)2)15(19)16-8-14-9-17-18(4)12(14)3/h5-7,9H,8H2,1-4H3,(H,16,19). The molecule has 0 radical (unpaired) electrons. The highest BCUT2D eigenvalue weighted by molar-refractivity contribution is 5.94. The van der Waals surface area contributed by atoms with Crippen LogP contribution in [-0.4, -0.2) is 15.7 Å². The molecule has 2 aromatic rings. The lowest BCUT2D eigenvalue weighted by Gasteiger charge is -2.07. The molecule has 1 aromatic heterocycles. The molecule has 1 heterocycles. The number of aryl methyl sites for hydroxylation is 3. The van der Waals surface area contributed by atoms with Crippen LogP contribution in [0.2, 0.25) is 0 Å². The molecule has 0 bridgehead atoms. The van der Waals surface area contributed by atoms with E-state index in [4.69, 9.17) is 0 Å². The Balaban J connectivity index is 2.05. The van der Waals surface area contributed by atoms with Crippen LogP contribution in [0.1, 0.15) is 32.7 Å². The summed E-state index contributed by atoms with van der Waals surface area (Å²) in [6.45, 7) is 6.54. The Labute approximate surface area is 113 Å². The van der Waals surface area contributed by atoms with E-state index in [1.54, 1.807) is 10.9 Å². The van der Waals surface area contributed by atoms with Gasteiger partial charge in [0, 0.05) is 30.4 Å². The molecule has 0 unspecified atom stereocenters. The second-order valence-electron chi connectivity index (χ2n) is 4.86. The van der Waals surface area contributed by atoms with Crippen LogP contribution in [0.15, 0.2) is 24.4 Å². The summed E-state index contributed by atoms with van der Waals surface area (Å²) in [6.07, 6.45) is 1.79. The lowest BCUT2D eigenvalue weighted by molar-refractivity contribution is 0.0951. The normalized spacial score (nSPS) is 10.5. The third-order valence-corrected chi connectivity index (χ3v) is 3.55. The van der Waals surface area contributed by atoms with Crippen molar-refractivity contribution in [1.29, 1.82) is 0 Å². The SMILES string of the molecule is Cc1ccc(C(=O)NCc2cnn(C)c2C)cc1C. The fraction of sp³-hybridized carbons (Fsp3) is 0.333. The van der Waals surface area contributed by atoms with Crippen LogP contribution in [0, 0.1) is 20.8 Å². The van der Waals surface area contributed by atoms with Crippen molar-refractivity contribution in [2.75, 3.05) is 0 Å². The van der Waals surface area contributed by atoms with Crippen LogP contribution < -0.4 is 5.32 Å². The maximum atomic E-state index is 12.1. The number of nitrogens with one attached hydrogen (secondary N) is 1. The zero-order valence-corrected chi connectivity index (χ0v) is 11.8. The number of rotatable bonds is 3. The van der Waals surface area contributed by atoms with Gasteiger partial charge in [0.05, 0.1) is 6.20 Å². The summed E-state index contributed by atoms with van der Waals surface area (Å²) in [5.74, 6) is -0.0497. The van der Waals surface area contributed by atoms with Gasteiger partial charge < -0.3 is 5.32 Å². The monoisotopic (exact) mass is 257 g/mol. The lowest BCUT2D eigenvalue weighted by Crippen LogP contribution is -2.23. The highest BCUT2D eigenvalue weighted by atomic mass is 16.1. The summed E-state index contributed by atoms with van der Waals surface area (Å²) >= 11 is 0. The van der Waals surface area contributed by atoms with E-state index in [9.17, 15) is 4.79 Å². The third kappa shape index (κ3) is 2.84. The van der Waals surface area contributed by atoms with Gasteiger partial charge in [0.1, 0.15) is 0 Å². The van der Waals surface area contributed by atoms with Gasteiger partial charge in [-0.25, -0.2) is 0 Å². The van der Waals surface area contributed by atoms with Crippen molar-refractivity contribution in [3.63, 3.8) is 0 Å². The first-order valence-electron chi connectivity index (χ1n) is 6.32. The van der Waals surface area contributed by atoms with Gasteiger partial charge in [-0.05, 0) is 44.0 Å². The van der Waals surface area contributed by atoms with Crippen LogP contribution in [0.4, 0.5) is 0 Å². The van der Waals surface area contributed by atoms with Gasteiger partial charge in [-0.3, -0.25) is 9.48 Å². The highest BCUT2D eigenvalue weighted by Crippen LogP contribution is 2.10. The molecule has 1 aromatic carbocycles. The number of amides is 1. The topological polar surface area (TPSA) is 46.9 Å². The highest BCUT2D eigenvalue weighted by Gasteiger charge is 2.08. The van der Waals surface area contributed by atoms with Crippen molar-refractivity contribution in [3.8, 4) is 0 Å². The second kappa shape index (κ2) is 5.26. The largest absolute Gasteiger partial charge is 0.348 e. The summed E-state index contributed by atoms with van der Waals surface area (Å²) in [5, 5.41) is 7.08. The number of benzene rings is 1. The number of carbonyl (C=O) groups excluding carboxylic acids is 1. The molecule has 1 amide bonds. The van der Waals surface area contributed by atoms with Crippen LogP contribution in [0.5, 0.6) is 0 Å². The first-order valence-corrected chi connectivity index (χ1v) is 6.32. The average Bonchev–Trinajstić information content (AvgIpc) is 2.70. The Kier molecular flexibility index (Phi) is 3.69. The van der Waals surface area contributed by atoms with E-state index in [1.165, 1.54) is 5.56 Å². The zero-order chi connectivity index (χ0) is 14.0. The molecule has 19 heavy (non-hydrogen) atoms. The van der Waals surface area contributed by atoms with Gasteiger partial charge in [-0.15, -0.1) is 0 Å². The molecule has 100 valence electrons. The number of carbonyl (C=O) groups is 1. The first kappa shape index (κ1) is 13.3. The molecule has 0 saturated carbocycles. The van der Waals surface area contributed by atoms with E-state index in [1.807, 2.05) is 46.0 Å². The van der Waals surface area contributed by atoms with Crippen molar-refractivity contribution >= 4 is 5.91 Å². The maximum absolute atomic E-state index is 12.1. The Morgan fingerprint density at radius 1 is 1.26 bits per heavy atom. The lowest BCUT2D eigenvalue weighted by atomic mass is 10.1. The van der Waals surface area contributed by atoms with Crippen molar-refractivity contribution in [2.45, 2.75) is 27.3 Å². The number of hydrogen-bond acceptors (Lipinski definition) is 2. The molecule has 0 aliphatic rings. The van der Waals surface area contributed by atoms with E-state index >= 15 is 0 Å². The fourth-order valence-corrected chi connectivity index (χ4v) is 1.88. The van der Waals surface area contributed by atoms with Gasteiger partial charge in [0.25, 0.3) is 5.91 Å². The zero-order valence-electron chi connectivity index (χ0n) is 11.8. The molecular weight excluding hydrogens is 238 g/mol.